The van der Waals surface area contributed by atoms with E-state index in [-0.39, 0.29) is 12.1 Å². The molecule has 1 amide bonds. The van der Waals surface area contributed by atoms with Gasteiger partial charge in [-0.25, -0.2) is 9.78 Å². The normalized spacial score (nSPS) is 16.7. The molecule has 0 unspecified atom stereocenters. The van der Waals surface area contributed by atoms with E-state index in [4.69, 9.17) is 4.74 Å². The molecular weight excluding hydrogens is 306 g/mol. The van der Waals surface area contributed by atoms with Gasteiger partial charge in [-0.3, -0.25) is 5.32 Å². The number of rotatable bonds is 3. The van der Waals surface area contributed by atoms with E-state index in [1.807, 2.05) is 45.9 Å². The summed E-state index contributed by atoms with van der Waals surface area (Å²) in [4.78, 5) is 16.5. The lowest BCUT2D eigenvalue weighted by Gasteiger charge is -2.42. The van der Waals surface area contributed by atoms with Crippen LogP contribution in [0.2, 0.25) is 0 Å². The molecule has 0 aliphatic heterocycles. The van der Waals surface area contributed by atoms with Crippen LogP contribution >= 0.6 is 0 Å². The van der Waals surface area contributed by atoms with Crippen molar-refractivity contribution in [2.24, 2.45) is 0 Å². The molecule has 1 aromatic heterocycles. The zero-order valence-electron chi connectivity index (χ0n) is 14.7. The third-order valence-electron chi connectivity index (χ3n) is 4.52. The number of nitrogens with one attached hydrogen (secondary N) is 1. The standard InChI is InChI=1S/C18H25N3O3/c1-12-19-14-10-13(20-16(23)24-17(2,3)4)6-7-15(14)21(12)18(11-22)8-5-9-18/h6-7,10,22H,5,8-9,11H2,1-4H3,(H,20,23). The second-order valence-corrected chi connectivity index (χ2v) is 7.56. The fourth-order valence-electron chi connectivity index (χ4n) is 3.34. The van der Waals surface area contributed by atoms with Crippen LogP contribution in [0.3, 0.4) is 0 Å². The Labute approximate surface area is 141 Å². The molecule has 2 N–H and O–H groups in total. The molecule has 130 valence electrons. The molecule has 1 heterocycles. The second kappa shape index (κ2) is 5.77. The first-order chi connectivity index (χ1) is 11.2. The number of aromatic nitrogens is 2. The summed E-state index contributed by atoms with van der Waals surface area (Å²) in [5.41, 5.74) is 1.67. The highest BCUT2D eigenvalue weighted by atomic mass is 16.6. The molecule has 0 spiro atoms. The minimum Gasteiger partial charge on any atom is -0.444 e. The Bertz CT molecular complexity index is 764. The minimum absolute atomic E-state index is 0.122. The predicted octanol–water partition coefficient (Wildman–Crippen LogP) is 3.56. The van der Waals surface area contributed by atoms with Crippen molar-refractivity contribution in [1.29, 1.82) is 0 Å². The van der Waals surface area contributed by atoms with Crippen molar-refractivity contribution in [2.75, 3.05) is 11.9 Å². The van der Waals surface area contributed by atoms with E-state index >= 15 is 0 Å². The van der Waals surface area contributed by atoms with Gasteiger partial charge in [-0.2, -0.15) is 0 Å². The van der Waals surface area contributed by atoms with Crippen molar-refractivity contribution in [1.82, 2.24) is 9.55 Å². The van der Waals surface area contributed by atoms with Crippen LogP contribution in [-0.2, 0) is 10.3 Å². The largest absolute Gasteiger partial charge is 0.444 e. The van der Waals surface area contributed by atoms with Crippen LogP contribution < -0.4 is 5.32 Å². The van der Waals surface area contributed by atoms with Crippen LogP contribution in [0.1, 0.15) is 45.9 Å². The van der Waals surface area contributed by atoms with Gasteiger partial charge in [0.15, 0.2) is 0 Å². The number of hydrogen-bond acceptors (Lipinski definition) is 4. The molecule has 1 saturated carbocycles. The quantitative estimate of drug-likeness (QED) is 0.901. The Hall–Kier alpha value is -2.08. The van der Waals surface area contributed by atoms with Crippen LogP contribution in [-0.4, -0.2) is 33.0 Å². The first-order valence-electron chi connectivity index (χ1n) is 8.35. The highest BCUT2D eigenvalue weighted by Gasteiger charge is 2.40. The molecule has 0 atom stereocenters. The SMILES string of the molecule is Cc1nc2cc(NC(=O)OC(C)(C)C)ccc2n1C1(CO)CCC1. The first-order valence-corrected chi connectivity index (χ1v) is 8.35. The van der Waals surface area contributed by atoms with Crippen LogP contribution in [0.25, 0.3) is 11.0 Å². The lowest BCUT2D eigenvalue weighted by atomic mass is 9.77. The summed E-state index contributed by atoms with van der Waals surface area (Å²) < 4.78 is 7.41. The maximum atomic E-state index is 11.9. The first kappa shape index (κ1) is 16.8. The van der Waals surface area contributed by atoms with E-state index in [1.165, 1.54) is 0 Å². The number of imidazole rings is 1. The maximum absolute atomic E-state index is 11.9. The second-order valence-electron chi connectivity index (χ2n) is 7.56. The van der Waals surface area contributed by atoms with Crippen molar-refractivity contribution in [3.05, 3.63) is 24.0 Å². The summed E-state index contributed by atoms with van der Waals surface area (Å²) in [6, 6.07) is 5.62. The Morgan fingerprint density at radius 1 is 1.42 bits per heavy atom. The number of hydrogen-bond donors (Lipinski definition) is 2. The van der Waals surface area contributed by atoms with Gasteiger partial charge in [-0.15, -0.1) is 0 Å². The van der Waals surface area contributed by atoms with Gasteiger partial charge in [0.1, 0.15) is 11.4 Å². The van der Waals surface area contributed by atoms with Crippen molar-refractivity contribution < 1.29 is 14.6 Å². The number of ether oxygens (including phenoxy) is 1. The van der Waals surface area contributed by atoms with E-state index in [9.17, 15) is 9.90 Å². The number of aryl methyl sites for hydroxylation is 1. The van der Waals surface area contributed by atoms with Gasteiger partial charge in [0.2, 0.25) is 0 Å². The average molecular weight is 331 g/mol. The molecule has 0 bridgehead atoms. The van der Waals surface area contributed by atoms with Gasteiger partial charge < -0.3 is 14.4 Å². The van der Waals surface area contributed by atoms with Gasteiger partial charge in [-0.05, 0) is 65.2 Å². The molecule has 6 nitrogen and oxygen atoms in total. The summed E-state index contributed by atoms with van der Waals surface area (Å²) in [5, 5.41) is 12.6. The monoisotopic (exact) mass is 331 g/mol. The number of carbonyl (C=O) groups is 1. The highest BCUT2D eigenvalue weighted by Crippen LogP contribution is 2.41. The average Bonchev–Trinajstić information content (AvgIpc) is 2.72. The number of benzene rings is 1. The van der Waals surface area contributed by atoms with Gasteiger partial charge in [0.05, 0.1) is 23.2 Å². The van der Waals surface area contributed by atoms with Crippen LogP contribution in [0.4, 0.5) is 10.5 Å². The zero-order valence-corrected chi connectivity index (χ0v) is 14.7. The van der Waals surface area contributed by atoms with Crippen molar-refractivity contribution >= 4 is 22.8 Å². The zero-order chi connectivity index (χ0) is 17.5. The number of nitrogens with zero attached hydrogens (tertiary/aromatic N) is 2. The molecule has 2 aromatic rings. The summed E-state index contributed by atoms with van der Waals surface area (Å²) in [5.74, 6) is 0.883. The summed E-state index contributed by atoms with van der Waals surface area (Å²) in [6.07, 6.45) is 2.57. The number of aliphatic hydroxyl groups is 1. The molecule has 1 aromatic carbocycles. The van der Waals surface area contributed by atoms with E-state index in [0.29, 0.717) is 5.69 Å². The van der Waals surface area contributed by atoms with Crippen LogP contribution in [0.15, 0.2) is 18.2 Å². The lowest BCUT2D eigenvalue weighted by Crippen LogP contribution is -2.44. The molecule has 6 heteroatoms. The Balaban J connectivity index is 1.89. The number of fused-ring (bicyclic) bond motifs is 1. The van der Waals surface area contributed by atoms with Gasteiger partial charge in [0.25, 0.3) is 0 Å². The van der Waals surface area contributed by atoms with E-state index < -0.39 is 11.7 Å². The van der Waals surface area contributed by atoms with Gasteiger partial charge in [0, 0.05) is 5.69 Å². The van der Waals surface area contributed by atoms with Crippen molar-refractivity contribution in [3.8, 4) is 0 Å². The Morgan fingerprint density at radius 3 is 2.67 bits per heavy atom. The van der Waals surface area contributed by atoms with E-state index in [0.717, 1.165) is 36.1 Å². The smallest absolute Gasteiger partial charge is 0.412 e. The third-order valence-corrected chi connectivity index (χ3v) is 4.52. The molecule has 1 aliphatic rings. The summed E-state index contributed by atoms with van der Waals surface area (Å²) >= 11 is 0. The van der Waals surface area contributed by atoms with Crippen molar-refractivity contribution in [3.63, 3.8) is 0 Å². The molecule has 1 fully saturated rings. The fourth-order valence-corrected chi connectivity index (χ4v) is 3.34. The predicted molar refractivity (Wildman–Crippen MR) is 93.2 cm³/mol. The highest BCUT2D eigenvalue weighted by molar-refractivity contribution is 5.89. The lowest BCUT2D eigenvalue weighted by molar-refractivity contribution is 0.0571. The summed E-state index contributed by atoms with van der Waals surface area (Å²) in [7, 11) is 0. The number of amides is 1. The van der Waals surface area contributed by atoms with Gasteiger partial charge in [-0.1, -0.05) is 0 Å². The minimum atomic E-state index is -0.538. The molecule has 0 radical (unpaired) electrons. The number of carbonyl (C=O) groups excluding carboxylic acids is 1. The molecule has 1 aliphatic carbocycles. The van der Waals surface area contributed by atoms with E-state index in [2.05, 4.69) is 14.9 Å². The number of anilines is 1. The molecule has 0 saturated heterocycles. The van der Waals surface area contributed by atoms with Crippen LogP contribution in [0.5, 0.6) is 0 Å². The van der Waals surface area contributed by atoms with Crippen LogP contribution in [0, 0.1) is 6.92 Å². The Morgan fingerprint density at radius 2 is 2.12 bits per heavy atom. The molecule has 24 heavy (non-hydrogen) atoms. The van der Waals surface area contributed by atoms with E-state index in [1.54, 1.807) is 0 Å². The van der Waals surface area contributed by atoms with Gasteiger partial charge >= 0.3 is 6.09 Å². The Kier molecular flexibility index (Phi) is 4.03. The topological polar surface area (TPSA) is 76.4 Å². The number of aliphatic hydroxyl groups excluding tert-OH is 1. The molecule has 3 rings (SSSR count). The third kappa shape index (κ3) is 2.98. The van der Waals surface area contributed by atoms with Crippen molar-refractivity contribution in [2.45, 2.75) is 58.1 Å². The molecular formula is C18H25N3O3. The maximum Gasteiger partial charge on any atom is 0.412 e. The fraction of sp³-hybridized carbons (Fsp3) is 0.556. The summed E-state index contributed by atoms with van der Waals surface area (Å²) in [6.45, 7) is 7.56.